The first kappa shape index (κ1) is 21.8. The van der Waals surface area contributed by atoms with Crippen molar-refractivity contribution in [3.8, 4) is 5.75 Å². The minimum atomic E-state index is 0.0482. The predicted octanol–water partition coefficient (Wildman–Crippen LogP) is 4.39. The number of fused-ring (bicyclic) bond motifs is 1. The van der Waals surface area contributed by atoms with Crippen molar-refractivity contribution >= 4 is 46.4 Å². The van der Waals surface area contributed by atoms with E-state index in [-0.39, 0.29) is 11.8 Å². The standard InChI is InChI=1S/C23H25Cl2N3O3/c24-18-4-3-5-20(23(18)25)28-12-11-27(22(30)15-28)10-1-2-13-31-17-8-6-16-7-9-21(29)26-19(16)14-17/h3-6,8,14H,1-2,7,9-13,15H2,(H,26,29). The van der Waals surface area contributed by atoms with E-state index in [0.717, 1.165) is 48.5 Å². The number of rotatable bonds is 7. The van der Waals surface area contributed by atoms with E-state index in [1.807, 2.05) is 40.1 Å². The third-order valence-electron chi connectivity index (χ3n) is 5.66. The first-order valence-corrected chi connectivity index (χ1v) is 11.3. The van der Waals surface area contributed by atoms with Crippen molar-refractivity contribution in [2.24, 2.45) is 0 Å². The quantitative estimate of drug-likeness (QED) is 0.621. The van der Waals surface area contributed by atoms with E-state index in [1.54, 1.807) is 6.07 Å². The third kappa shape index (κ3) is 5.25. The molecule has 2 aliphatic rings. The average Bonchev–Trinajstić information content (AvgIpc) is 2.76. The zero-order valence-corrected chi connectivity index (χ0v) is 18.7. The van der Waals surface area contributed by atoms with Gasteiger partial charge in [-0.05, 0) is 43.0 Å². The summed E-state index contributed by atoms with van der Waals surface area (Å²) in [5.41, 5.74) is 2.79. The number of hydrogen-bond acceptors (Lipinski definition) is 4. The first-order chi connectivity index (χ1) is 15.0. The number of unbranched alkanes of at least 4 members (excludes halogenated alkanes) is 1. The van der Waals surface area contributed by atoms with Crippen LogP contribution in [0.2, 0.25) is 10.0 Å². The van der Waals surface area contributed by atoms with Gasteiger partial charge in [0.1, 0.15) is 5.75 Å². The van der Waals surface area contributed by atoms with Crippen molar-refractivity contribution in [1.82, 2.24) is 4.90 Å². The number of amides is 2. The van der Waals surface area contributed by atoms with Crippen molar-refractivity contribution < 1.29 is 14.3 Å². The van der Waals surface area contributed by atoms with Crippen LogP contribution in [-0.4, -0.2) is 49.5 Å². The maximum Gasteiger partial charge on any atom is 0.242 e. The Morgan fingerprint density at radius 3 is 2.74 bits per heavy atom. The van der Waals surface area contributed by atoms with Crippen molar-refractivity contribution in [3.63, 3.8) is 0 Å². The number of anilines is 2. The molecule has 0 aromatic heterocycles. The highest BCUT2D eigenvalue weighted by atomic mass is 35.5. The predicted molar refractivity (Wildman–Crippen MR) is 123 cm³/mol. The molecule has 0 aliphatic carbocycles. The average molecular weight is 462 g/mol. The minimum absolute atomic E-state index is 0.0482. The van der Waals surface area contributed by atoms with Crippen LogP contribution in [0, 0.1) is 0 Å². The van der Waals surface area contributed by atoms with Crippen molar-refractivity contribution in [3.05, 3.63) is 52.0 Å². The van der Waals surface area contributed by atoms with Gasteiger partial charge in [0, 0.05) is 37.8 Å². The number of carbonyl (C=O) groups is 2. The van der Waals surface area contributed by atoms with Gasteiger partial charge in [-0.15, -0.1) is 0 Å². The van der Waals surface area contributed by atoms with Gasteiger partial charge in [-0.25, -0.2) is 0 Å². The van der Waals surface area contributed by atoms with Crippen molar-refractivity contribution in [1.29, 1.82) is 0 Å². The summed E-state index contributed by atoms with van der Waals surface area (Å²) in [6.45, 7) is 2.96. The van der Waals surface area contributed by atoms with Gasteiger partial charge >= 0.3 is 0 Å². The summed E-state index contributed by atoms with van der Waals surface area (Å²) in [4.78, 5) is 28.0. The number of ether oxygens (including phenoxy) is 1. The van der Waals surface area contributed by atoms with E-state index in [2.05, 4.69) is 5.32 Å². The van der Waals surface area contributed by atoms with Crippen LogP contribution in [-0.2, 0) is 16.0 Å². The molecule has 31 heavy (non-hydrogen) atoms. The molecule has 4 rings (SSSR count). The summed E-state index contributed by atoms with van der Waals surface area (Å²) in [6, 6.07) is 11.3. The van der Waals surface area contributed by atoms with Crippen molar-refractivity contribution in [2.75, 3.05) is 43.0 Å². The molecule has 0 atom stereocenters. The molecule has 0 spiro atoms. The first-order valence-electron chi connectivity index (χ1n) is 10.5. The fourth-order valence-corrected chi connectivity index (χ4v) is 4.34. The molecular formula is C23H25Cl2N3O3. The molecule has 0 unspecified atom stereocenters. The zero-order valence-electron chi connectivity index (χ0n) is 17.2. The monoisotopic (exact) mass is 461 g/mol. The molecule has 2 heterocycles. The number of carbonyl (C=O) groups excluding carboxylic acids is 2. The molecule has 0 bridgehead atoms. The van der Waals surface area contributed by atoms with E-state index in [9.17, 15) is 9.59 Å². The molecular weight excluding hydrogens is 437 g/mol. The maximum atomic E-state index is 12.6. The van der Waals surface area contributed by atoms with Crippen LogP contribution in [0.25, 0.3) is 0 Å². The number of hydrogen-bond donors (Lipinski definition) is 1. The molecule has 1 fully saturated rings. The molecule has 0 saturated carbocycles. The van der Waals surface area contributed by atoms with Gasteiger partial charge in [0.05, 0.1) is 28.9 Å². The van der Waals surface area contributed by atoms with Crippen molar-refractivity contribution in [2.45, 2.75) is 25.7 Å². The Kier molecular flexibility index (Phi) is 6.88. The Morgan fingerprint density at radius 1 is 1.03 bits per heavy atom. The molecule has 1 N–H and O–H groups in total. The Balaban J connectivity index is 1.20. The second-order valence-electron chi connectivity index (χ2n) is 7.80. The SMILES string of the molecule is O=C1CCc2ccc(OCCCCN3CCN(c4cccc(Cl)c4Cl)CC3=O)cc2N1. The van der Waals surface area contributed by atoms with E-state index >= 15 is 0 Å². The Hall–Kier alpha value is -2.44. The lowest BCUT2D eigenvalue weighted by Crippen LogP contribution is -2.50. The van der Waals surface area contributed by atoms with E-state index in [0.29, 0.717) is 42.7 Å². The number of piperazine rings is 1. The van der Waals surface area contributed by atoms with E-state index in [4.69, 9.17) is 27.9 Å². The van der Waals surface area contributed by atoms with Gasteiger partial charge in [-0.1, -0.05) is 35.3 Å². The number of aryl methyl sites for hydroxylation is 1. The summed E-state index contributed by atoms with van der Waals surface area (Å²) in [7, 11) is 0. The molecule has 1 saturated heterocycles. The van der Waals surface area contributed by atoms with Gasteiger partial charge < -0.3 is 19.9 Å². The summed E-state index contributed by atoms with van der Waals surface area (Å²) in [5, 5.41) is 3.87. The number of halogens is 2. The Bertz CT molecular complexity index is 983. The maximum absolute atomic E-state index is 12.6. The lowest BCUT2D eigenvalue weighted by molar-refractivity contribution is -0.131. The second kappa shape index (κ2) is 9.79. The van der Waals surface area contributed by atoms with Gasteiger partial charge in [0.2, 0.25) is 11.8 Å². The largest absolute Gasteiger partial charge is 0.494 e. The van der Waals surface area contributed by atoms with Crippen LogP contribution in [0.5, 0.6) is 5.75 Å². The summed E-state index contributed by atoms with van der Waals surface area (Å²) >= 11 is 12.4. The van der Waals surface area contributed by atoms with Gasteiger partial charge in [-0.2, -0.15) is 0 Å². The third-order valence-corrected chi connectivity index (χ3v) is 6.47. The van der Waals surface area contributed by atoms with E-state index in [1.165, 1.54) is 0 Å². The Labute approximate surface area is 192 Å². The summed E-state index contributed by atoms with van der Waals surface area (Å²) in [5.74, 6) is 0.893. The lowest BCUT2D eigenvalue weighted by atomic mass is 10.0. The molecule has 2 aromatic carbocycles. The fraction of sp³-hybridized carbons (Fsp3) is 0.391. The second-order valence-corrected chi connectivity index (χ2v) is 8.58. The minimum Gasteiger partial charge on any atom is -0.494 e. The molecule has 2 aliphatic heterocycles. The number of nitrogens with zero attached hydrogens (tertiary/aromatic N) is 2. The number of benzene rings is 2. The van der Waals surface area contributed by atoms with Crippen LogP contribution in [0.3, 0.4) is 0 Å². The smallest absolute Gasteiger partial charge is 0.242 e. The lowest BCUT2D eigenvalue weighted by Gasteiger charge is -2.36. The normalized spacial score (nSPS) is 16.2. The topological polar surface area (TPSA) is 61.9 Å². The molecule has 164 valence electrons. The van der Waals surface area contributed by atoms with Gasteiger partial charge in [-0.3, -0.25) is 9.59 Å². The summed E-state index contributed by atoms with van der Waals surface area (Å²) in [6.07, 6.45) is 3.01. The molecule has 2 amide bonds. The highest BCUT2D eigenvalue weighted by Gasteiger charge is 2.25. The highest BCUT2D eigenvalue weighted by molar-refractivity contribution is 6.43. The molecule has 0 radical (unpaired) electrons. The van der Waals surface area contributed by atoms with Gasteiger partial charge in [0.25, 0.3) is 0 Å². The zero-order chi connectivity index (χ0) is 21.8. The molecule has 2 aromatic rings. The van der Waals surface area contributed by atoms with Crippen LogP contribution in [0.4, 0.5) is 11.4 Å². The van der Waals surface area contributed by atoms with E-state index < -0.39 is 0 Å². The highest BCUT2D eigenvalue weighted by Crippen LogP contribution is 2.33. The molecule has 8 heteroatoms. The van der Waals surface area contributed by atoms with Crippen LogP contribution < -0.4 is 15.0 Å². The summed E-state index contributed by atoms with van der Waals surface area (Å²) < 4.78 is 5.83. The fourth-order valence-electron chi connectivity index (χ4n) is 3.92. The molecule has 6 nitrogen and oxygen atoms in total. The number of nitrogens with one attached hydrogen (secondary N) is 1. The van der Waals surface area contributed by atoms with Gasteiger partial charge in [0.15, 0.2) is 0 Å². The van der Waals surface area contributed by atoms with Crippen LogP contribution in [0.15, 0.2) is 36.4 Å². The van der Waals surface area contributed by atoms with Crippen LogP contribution >= 0.6 is 23.2 Å². The Morgan fingerprint density at radius 2 is 1.90 bits per heavy atom. The van der Waals surface area contributed by atoms with Crippen LogP contribution in [0.1, 0.15) is 24.8 Å².